The van der Waals surface area contributed by atoms with E-state index in [-0.39, 0.29) is 5.54 Å². The van der Waals surface area contributed by atoms with Crippen LogP contribution in [0.5, 0.6) is 5.75 Å². The SMILES string of the molecule is CCC1CCCC(C(C)(N)c2ccc(OC)cc2)C1. The highest BCUT2D eigenvalue weighted by molar-refractivity contribution is 5.32. The zero-order valence-electron chi connectivity index (χ0n) is 12.5. The maximum absolute atomic E-state index is 6.68. The summed E-state index contributed by atoms with van der Waals surface area (Å²) >= 11 is 0. The number of hydrogen-bond acceptors (Lipinski definition) is 2. The summed E-state index contributed by atoms with van der Waals surface area (Å²) in [4.78, 5) is 0. The zero-order chi connectivity index (χ0) is 13.9. The second-order valence-electron chi connectivity index (χ2n) is 6.15. The molecule has 3 unspecified atom stereocenters. The van der Waals surface area contributed by atoms with Crippen LogP contribution < -0.4 is 10.5 Å². The molecule has 1 aromatic rings. The van der Waals surface area contributed by atoms with Gasteiger partial charge in [-0.3, -0.25) is 0 Å². The van der Waals surface area contributed by atoms with E-state index in [2.05, 4.69) is 26.0 Å². The molecule has 0 heterocycles. The van der Waals surface area contributed by atoms with Crippen LogP contribution in [0.3, 0.4) is 0 Å². The summed E-state index contributed by atoms with van der Waals surface area (Å²) < 4.78 is 5.22. The van der Waals surface area contributed by atoms with Crippen molar-refractivity contribution in [3.63, 3.8) is 0 Å². The molecule has 0 bridgehead atoms. The van der Waals surface area contributed by atoms with Gasteiger partial charge in [0.2, 0.25) is 0 Å². The molecule has 106 valence electrons. The Hall–Kier alpha value is -1.02. The van der Waals surface area contributed by atoms with Crippen LogP contribution in [-0.4, -0.2) is 7.11 Å². The fourth-order valence-electron chi connectivity index (χ4n) is 3.39. The first-order valence-corrected chi connectivity index (χ1v) is 7.51. The second-order valence-corrected chi connectivity index (χ2v) is 6.15. The van der Waals surface area contributed by atoms with E-state index < -0.39 is 0 Å². The number of ether oxygens (including phenoxy) is 1. The standard InChI is InChI=1S/C17H27NO/c1-4-13-6-5-7-15(12-13)17(2,18)14-8-10-16(19-3)11-9-14/h8-11,13,15H,4-7,12,18H2,1-3H3. The molecule has 0 aliphatic heterocycles. The Balaban J connectivity index is 2.15. The number of methoxy groups -OCH3 is 1. The van der Waals surface area contributed by atoms with Crippen molar-refractivity contribution in [2.24, 2.45) is 17.6 Å². The van der Waals surface area contributed by atoms with E-state index >= 15 is 0 Å². The van der Waals surface area contributed by atoms with Gasteiger partial charge in [-0.1, -0.05) is 38.3 Å². The molecule has 0 radical (unpaired) electrons. The molecular weight excluding hydrogens is 234 g/mol. The topological polar surface area (TPSA) is 35.2 Å². The minimum Gasteiger partial charge on any atom is -0.497 e. The summed E-state index contributed by atoms with van der Waals surface area (Å²) in [6, 6.07) is 8.27. The summed E-state index contributed by atoms with van der Waals surface area (Å²) in [5, 5.41) is 0. The van der Waals surface area contributed by atoms with Crippen LogP contribution in [0.1, 0.15) is 51.5 Å². The summed E-state index contributed by atoms with van der Waals surface area (Å²) in [5.41, 5.74) is 7.69. The van der Waals surface area contributed by atoms with Gasteiger partial charge < -0.3 is 10.5 Å². The molecule has 0 saturated heterocycles. The van der Waals surface area contributed by atoms with Crippen LogP contribution >= 0.6 is 0 Å². The van der Waals surface area contributed by atoms with Gasteiger partial charge in [0.15, 0.2) is 0 Å². The Kier molecular flexibility index (Phi) is 4.51. The maximum Gasteiger partial charge on any atom is 0.118 e. The maximum atomic E-state index is 6.68. The molecule has 1 fully saturated rings. The van der Waals surface area contributed by atoms with Crippen LogP contribution in [-0.2, 0) is 5.54 Å². The van der Waals surface area contributed by atoms with Gasteiger partial charge in [0, 0.05) is 5.54 Å². The third-order valence-electron chi connectivity index (χ3n) is 4.92. The Morgan fingerprint density at radius 2 is 1.95 bits per heavy atom. The highest BCUT2D eigenvalue weighted by Crippen LogP contribution is 2.40. The van der Waals surface area contributed by atoms with Crippen molar-refractivity contribution in [3.8, 4) is 5.75 Å². The van der Waals surface area contributed by atoms with Crippen LogP contribution in [0, 0.1) is 11.8 Å². The molecule has 1 aromatic carbocycles. The Morgan fingerprint density at radius 3 is 2.53 bits per heavy atom. The first-order chi connectivity index (χ1) is 9.07. The van der Waals surface area contributed by atoms with Crippen molar-refractivity contribution in [1.82, 2.24) is 0 Å². The molecule has 1 aliphatic carbocycles. The lowest BCUT2D eigenvalue weighted by molar-refractivity contribution is 0.173. The Bertz CT molecular complexity index is 396. The van der Waals surface area contributed by atoms with E-state index in [0.29, 0.717) is 5.92 Å². The van der Waals surface area contributed by atoms with Gasteiger partial charge in [-0.2, -0.15) is 0 Å². The molecule has 0 amide bonds. The third-order valence-corrected chi connectivity index (χ3v) is 4.92. The Morgan fingerprint density at radius 1 is 1.26 bits per heavy atom. The molecule has 2 heteroatoms. The van der Waals surface area contributed by atoms with Crippen LogP contribution in [0.15, 0.2) is 24.3 Å². The van der Waals surface area contributed by atoms with Gasteiger partial charge in [-0.25, -0.2) is 0 Å². The average molecular weight is 261 g/mol. The van der Waals surface area contributed by atoms with Gasteiger partial charge in [0.05, 0.1) is 7.11 Å². The molecule has 19 heavy (non-hydrogen) atoms. The van der Waals surface area contributed by atoms with E-state index in [1.54, 1.807) is 7.11 Å². The molecule has 1 aliphatic rings. The summed E-state index contributed by atoms with van der Waals surface area (Å²) in [7, 11) is 1.70. The lowest BCUT2D eigenvalue weighted by Crippen LogP contribution is -2.43. The first kappa shape index (κ1) is 14.4. The van der Waals surface area contributed by atoms with Gasteiger partial charge in [0.1, 0.15) is 5.75 Å². The normalized spacial score (nSPS) is 26.7. The third kappa shape index (κ3) is 3.11. The molecule has 3 atom stereocenters. The van der Waals surface area contributed by atoms with Crippen molar-refractivity contribution < 1.29 is 4.74 Å². The smallest absolute Gasteiger partial charge is 0.118 e. The minimum atomic E-state index is -0.222. The quantitative estimate of drug-likeness (QED) is 0.886. The predicted molar refractivity (Wildman–Crippen MR) is 80.3 cm³/mol. The van der Waals surface area contributed by atoms with Gasteiger partial charge in [-0.05, 0) is 49.3 Å². The van der Waals surface area contributed by atoms with Crippen molar-refractivity contribution in [1.29, 1.82) is 0 Å². The summed E-state index contributed by atoms with van der Waals surface area (Å²) in [5.74, 6) is 2.36. The van der Waals surface area contributed by atoms with Crippen LogP contribution in [0.2, 0.25) is 0 Å². The lowest BCUT2D eigenvalue weighted by Gasteiger charge is -2.40. The fraction of sp³-hybridized carbons (Fsp3) is 0.647. The molecule has 1 saturated carbocycles. The highest BCUT2D eigenvalue weighted by Gasteiger charge is 2.35. The van der Waals surface area contributed by atoms with E-state index in [1.807, 2.05) is 12.1 Å². The number of nitrogens with two attached hydrogens (primary N) is 1. The van der Waals surface area contributed by atoms with Crippen molar-refractivity contribution >= 4 is 0 Å². The van der Waals surface area contributed by atoms with Crippen molar-refractivity contribution in [3.05, 3.63) is 29.8 Å². The zero-order valence-corrected chi connectivity index (χ0v) is 12.5. The molecular formula is C17H27NO. The van der Waals surface area contributed by atoms with Gasteiger partial charge >= 0.3 is 0 Å². The number of hydrogen-bond donors (Lipinski definition) is 1. The molecule has 0 aromatic heterocycles. The molecule has 2 rings (SSSR count). The van der Waals surface area contributed by atoms with Crippen molar-refractivity contribution in [2.75, 3.05) is 7.11 Å². The average Bonchev–Trinajstić information content (AvgIpc) is 2.47. The minimum absolute atomic E-state index is 0.222. The fourth-order valence-corrected chi connectivity index (χ4v) is 3.39. The second kappa shape index (κ2) is 5.96. The predicted octanol–water partition coefficient (Wildman–Crippen LogP) is 4.09. The lowest BCUT2D eigenvalue weighted by atomic mass is 9.69. The number of rotatable bonds is 4. The largest absolute Gasteiger partial charge is 0.497 e. The molecule has 0 spiro atoms. The van der Waals surface area contributed by atoms with Crippen molar-refractivity contribution in [2.45, 2.75) is 51.5 Å². The summed E-state index contributed by atoms with van der Waals surface area (Å²) in [6.07, 6.45) is 6.53. The monoisotopic (exact) mass is 261 g/mol. The van der Waals surface area contributed by atoms with E-state index in [1.165, 1.54) is 37.7 Å². The first-order valence-electron chi connectivity index (χ1n) is 7.51. The summed E-state index contributed by atoms with van der Waals surface area (Å²) in [6.45, 7) is 4.49. The van der Waals surface area contributed by atoms with Gasteiger partial charge in [-0.15, -0.1) is 0 Å². The van der Waals surface area contributed by atoms with E-state index in [0.717, 1.165) is 11.7 Å². The van der Waals surface area contributed by atoms with Crippen LogP contribution in [0.4, 0.5) is 0 Å². The molecule has 2 nitrogen and oxygen atoms in total. The Labute approximate surface area is 117 Å². The van der Waals surface area contributed by atoms with E-state index in [4.69, 9.17) is 10.5 Å². The van der Waals surface area contributed by atoms with Crippen LogP contribution in [0.25, 0.3) is 0 Å². The van der Waals surface area contributed by atoms with Gasteiger partial charge in [0.25, 0.3) is 0 Å². The van der Waals surface area contributed by atoms with E-state index in [9.17, 15) is 0 Å². The highest BCUT2D eigenvalue weighted by atomic mass is 16.5. The molecule has 2 N–H and O–H groups in total. The number of benzene rings is 1.